The Hall–Kier alpha value is -1.03. The van der Waals surface area contributed by atoms with Crippen molar-refractivity contribution in [3.8, 4) is 0 Å². The lowest BCUT2D eigenvalue weighted by Gasteiger charge is -2.19. The highest BCUT2D eigenvalue weighted by molar-refractivity contribution is 5.23. The van der Waals surface area contributed by atoms with Gasteiger partial charge in [-0.05, 0) is 19.1 Å². The normalized spacial score (nSPS) is 11.6. The minimum absolute atomic E-state index is 0.773. The molecule has 0 spiro atoms. The van der Waals surface area contributed by atoms with E-state index in [-0.39, 0.29) is 0 Å². The summed E-state index contributed by atoms with van der Waals surface area (Å²) in [5.41, 5.74) is -0.773. The molecule has 0 amide bonds. The monoisotopic (exact) mass is 250 g/mol. The molecule has 17 heavy (non-hydrogen) atoms. The average Bonchev–Trinajstić information content (AvgIpc) is 2.34. The Kier molecular flexibility index (Phi) is 9.76. The molecule has 4 heteroatoms. The van der Waals surface area contributed by atoms with E-state index in [9.17, 15) is 13.2 Å². The third kappa shape index (κ3) is 5.22. The molecule has 0 saturated carbocycles. The molecule has 1 nitrogen and oxygen atoms in total. The van der Waals surface area contributed by atoms with Crippen molar-refractivity contribution in [1.29, 1.82) is 0 Å². The highest BCUT2D eigenvalue weighted by atomic mass is 19.3. The third-order valence-corrected chi connectivity index (χ3v) is 1.76. The summed E-state index contributed by atoms with van der Waals surface area (Å²) in [6.45, 7) is 8.92. The Labute approximate surface area is 101 Å². The number of aliphatic hydroxyl groups is 1. The van der Waals surface area contributed by atoms with Crippen LogP contribution in [0.2, 0.25) is 0 Å². The van der Waals surface area contributed by atoms with E-state index < -0.39 is 23.4 Å². The second kappa shape index (κ2) is 9.05. The van der Waals surface area contributed by atoms with E-state index in [1.807, 2.05) is 27.7 Å². The van der Waals surface area contributed by atoms with Crippen LogP contribution in [0, 0.1) is 5.82 Å². The molecule has 0 fully saturated rings. The van der Waals surface area contributed by atoms with Gasteiger partial charge < -0.3 is 5.11 Å². The zero-order valence-corrected chi connectivity index (χ0v) is 11.0. The minimum Gasteiger partial charge on any atom is -0.387 e. The molecule has 1 N–H and O–H groups in total. The van der Waals surface area contributed by atoms with Gasteiger partial charge in [0.05, 0.1) is 5.56 Å². The lowest BCUT2D eigenvalue weighted by Crippen LogP contribution is -2.29. The SMILES string of the molecule is CC.CC.CC(O)C(F)(F)c1ccccc1F. The number of halogens is 3. The number of alkyl halides is 2. The van der Waals surface area contributed by atoms with E-state index in [1.54, 1.807) is 0 Å². The first-order valence-corrected chi connectivity index (χ1v) is 5.77. The highest BCUT2D eigenvalue weighted by Gasteiger charge is 2.39. The van der Waals surface area contributed by atoms with Crippen LogP contribution >= 0.6 is 0 Å². The maximum absolute atomic E-state index is 13.0. The molecule has 1 rings (SSSR count). The van der Waals surface area contributed by atoms with Crippen molar-refractivity contribution in [3.63, 3.8) is 0 Å². The van der Waals surface area contributed by atoms with Crippen LogP contribution in [0.4, 0.5) is 13.2 Å². The van der Waals surface area contributed by atoms with Crippen molar-refractivity contribution in [2.24, 2.45) is 0 Å². The van der Waals surface area contributed by atoms with Crippen molar-refractivity contribution in [3.05, 3.63) is 35.6 Å². The van der Waals surface area contributed by atoms with Gasteiger partial charge in [-0.2, -0.15) is 8.78 Å². The molecule has 0 aliphatic rings. The molecule has 0 bridgehead atoms. The van der Waals surface area contributed by atoms with Crippen molar-refractivity contribution < 1.29 is 18.3 Å². The van der Waals surface area contributed by atoms with Crippen molar-refractivity contribution >= 4 is 0 Å². The van der Waals surface area contributed by atoms with Crippen molar-refractivity contribution in [2.75, 3.05) is 0 Å². The van der Waals surface area contributed by atoms with E-state index >= 15 is 0 Å². The Balaban J connectivity index is 0. The zero-order chi connectivity index (χ0) is 14.1. The summed E-state index contributed by atoms with van der Waals surface area (Å²) in [6, 6.07) is 4.51. The fourth-order valence-electron chi connectivity index (χ4n) is 0.957. The number of aliphatic hydroxyl groups excluding tert-OH is 1. The summed E-state index contributed by atoms with van der Waals surface area (Å²) in [6.07, 6.45) is -1.90. The predicted molar refractivity (Wildman–Crippen MR) is 64.7 cm³/mol. The Morgan fingerprint density at radius 3 is 1.82 bits per heavy atom. The quantitative estimate of drug-likeness (QED) is 0.827. The number of hydrogen-bond acceptors (Lipinski definition) is 1. The Morgan fingerprint density at radius 1 is 1.06 bits per heavy atom. The molecule has 1 unspecified atom stereocenters. The second-order valence-corrected chi connectivity index (χ2v) is 2.78. The van der Waals surface area contributed by atoms with E-state index in [2.05, 4.69) is 0 Å². The van der Waals surface area contributed by atoms with E-state index in [1.165, 1.54) is 12.1 Å². The largest absolute Gasteiger partial charge is 0.387 e. The molecular weight excluding hydrogens is 229 g/mol. The maximum Gasteiger partial charge on any atom is 0.301 e. The maximum atomic E-state index is 13.0. The Morgan fingerprint density at radius 2 is 1.47 bits per heavy atom. The minimum atomic E-state index is -3.54. The molecule has 0 radical (unpaired) electrons. The van der Waals surface area contributed by atoms with Gasteiger partial charge in [-0.1, -0.05) is 39.8 Å². The van der Waals surface area contributed by atoms with Crippen LogP contribution in [0.1, 0.15) is 40.2 Å². The van der Waals surface area contributed by atoms with Crippen molar-refractivity contribution in [1.82, 2.24) is 0 Å². The summed E-state index contributed by atoms with van der Waals surface area (Å²) in [5, 5.41) is 8.74. The first-order valence-electron chi connectivity index (χ1n) is 5.77. The van der Waals surface area contributed by atoms with Gasteiger partial charge in [0.15, 0.2) is 0 Å². The van der Waals surface area contributed by atoms with Gasteiger partial charge in [-0.15, -0.1) is 0 Å². The van der Waals surface area contributed by atoms with Crippen LogP contribution in [-0.2, 0) is 5.92 Å². The van der Waals surface area contributed by atoms with E-state index in [0.717, 1.165) is 19.1 Å². The molecule has 0 aliphatic heterocycles. The van der Waals surface area contributed by atoms with Gasteiger partial charge in [0.2, 0.25) is 0 Å². The third-order valence-electron chi connectivity index (χ3n) is 1.76. The first-order chi connectivity index (χ1) is 7.96. The summed E-state index contributed by atoms with van der Waals surface area (Å²) in [5.74, 6) is -4.54. The van der Waals surface area contributed by atoms with E-state index in [4.69, 9.17) is 5.11 Å². The molecule has 0 aliphatic carbocycles. The number of rotatable bonds is 2. The molecule has 0 heterocycles. The van der Waals surface area contributed by atoms with Gasteiger partial charge in [0, 0.05) is 0 Å². The summed E-state index contributed by atoms with van der Waals surface area (Å²) in [4.78, 5) is 0. The van der Waals surface area contributed by atoms with E-state index in [0.29, 0.717) is 0 Å². The second-order valence-electron chi connectivity index (χ2n) is 2.78. The van der Waals surface area contributed by atoms with Gasteiger partial charge >= 0.3 is 5.92 Å². The fraction of sp³-hybridized carbons (Fsp3) is 0.538. The van der Waals surface area contributed by atoms with Crippen LogP contribution in [0.5, 0.6) is 0 Å². The van der Waals surface area contributed by atoms with Crippen LogP contribution in [0.25, 0.3) is 0 Å². The summed E-state index contributed by atoms with van der Waals surface area (Å²) >= 11 is 0. The lowest BCUT2D eigenvalue weighted by molar-refractivity contribution is -0.108. The summed E-state index contributed by atoms with van der Waals surface area (Å²) < 4.78 is 39.0. The van der Waals surface area contributed by atoms with Gasteiger partial charge in [-0.3, -0.25) is 0 Å². The molecule has 0 aromatic heterocycles. The topological polar surface area (TPSA) is 20.2 Å². The van der Waals surface area contributed by atoms with Crippen LogP contribution in [0.15, 0.2) is 24.3 Å². The Bertz CT molecular complexity index is 298. The zero-order valence-electron chi connectivity index (χ0n) is 11.0. The predicted octanol–water partition coefficient (Wildman–Crippen LogP) is 4.35. The summed E-state index contributed by atoms with van der Waals surface area (Å²) in [7, 11) is 0. The fourth-order valence-corrected chi connectivity index (χ4v) is 0.957. The van der Waals surface area contributed by atoms with Gasteiger partial charge in [0.25, 0.3) is 0 Å². The number of hydrogen-bond donors (Lipinski definition) is 1. The molecular formula is C13H21F3O. The molecule has 0 saturated heterocycles. The smallest absolute Gasteiger partial charge is 0.301 e. The molecule has 1 aromatic carbocycles. The van der Waals surface area contributed by atoms with Gasteiger partial charge in [0.1, 0.15) is 11.9 Å². The van der Waals surface area contributed by atoms with Gasteiger partial charge in [-0.25, -0.2) is 4.39 Å². The average molecular weight is 250 g/mol. The first kappa shape index (κ1) is 18.3. The van der Waals surface area contributed by atoms with Crippen LogP contribution < -0.4 is 0 Å². The van der Waals surface area contributed by atoms with Crippen LogP contribution in [-0.4, -0.2) is 11.2 Å². The molecule has 1 aromatic rings. The standard InChI is InChI=1S/C9H9F3O.2C2H6/c1-6(13)9(11,12)7-4-2-3-5-8(7)10;2*1-2/h2-6,13H,1H3;2*1-2H3. The van der Waals surface area contributed by atoms with Crippen LogP contribution in [0.3, 0.4) is 0 Å². The lowest BCUT2D eigenvalue weighted by atomic mass is 10.0. The molecule has 100 valence electrons. The van der Waals surface area contributed by atoms with Crippen molar-refractivity contribution in [2.45, 2.75) is 46.6 Å². The number of benzene rings is 1. The highest BCUT2D eigenvalue weighted by Crippen LogP contribution is 2.32. The molecule has 1 atom stereocenters.